The Morgan fingerprint density at radius 1 is 1.25 bits per heavy atom. The fourth-order valence-electron chi connectivity index (χ4n) is 1.59. The Labute approximate surface area is 114 Å². The van der Waals surface area contributed by atoms with Crippen LogP contribution in [0.1, 0.15) is 5.56 Å². The molecule has 2 rings (SSSR count). The van der Waals surface area contributed by atoms with Gasteiger partial charge >= 0.3 is 0 Å². The van der Waals surface area contributed by atoms with Gasteiger partial charge in [-0.1, -0.05) is 12.1 Å². The van der Waals surface area contributed by atoms with Crippen molar-refractivity contribution in [3.8, 4) is 5.75 Å². The molecule has 0 atom stereocenters. The van der Waals surface area contributed by atoms with Gasteiger partial charge in [-0.3, -0.25) is 15.1 Å². The molecule has 102 valence electrons. The second-order valence-corrected chi connectivity index (χ2v) is 3.92. The van der Waals surface area contributed by atoms with Crippen LogP contribution in [-0.2, 0) is 0 Å². The molecule has 2 aromatic rings. The molecule has 0 amide bonds. The van der Waals surface area contributed by atoms with Gasteiger partial charge in [-0.2, -0.15) is 0 Å². The number of methoxy groups -OCH3 is 1. The molecular weight excluding hydrogens is 263 g/mol. The lowest BCUT2D eigenvalue weighted by Crippen LogP contribution is -1.90. The van der Waals surface area contributed by atoms with Crippen molar-refractivity contribution >= 4 is 17.6 Å². The van der Waals surface area contributed by atoms with E-state index in [4.69, 9.17) is 4.74 Å². The van der Waals surface area contributed by atoms with Crippen LogP contribution >= 0.6 is 0 Å². The zero-order chi connectivity index (χ0) is 14.5. The summed E-state index contributed by atoms with van der Waals surface area (Å²) in [6, 6.07) is 9.88. The van der Waals surface area contributed by atoms with E-state index in [9.17, 15) is 14.5 Å². The second kappa shape index (κ2) is 5.92. The van der Waals surface area contributed by atoms with Crippen molar-refractivity contribution in [2.75, 3.05) is 7.11 Å². The maximum Gasteiger partial charge on any atom is 0.271 e. The third-order valence-corrected chi connectivity index (χ3v) is 2.60. The summed E-state index contributed by atoms with van der Waals surface area (Å²) in [5, 5.41) is 10.7. The number of halogens is 1. The molecule has 5 nitrogen and oxygen atoms in total. The number of non-ortho nitro benzene ring substituents is 1. The summed E-state index contributed by atoms with van der Waals surface area (Å²) in [5.74, 6) is 0.0871. The molecule has 6 heteroatoms. The molecule has 0 bridgehead atoms. The van der Waals surface area contributed by atoms with Crippen molar-refractivity contribution in [2.24, 2.45) is 4.99 Å². The number of nitrogens with zero attached hydrogens (tertiary/aromatic N) is 2. The first kappa shape index (κ1) is 13.7. The maximum atomic E-state index is 12.8. The van der Waals surface area contributed by atoms with Crippen molar-refractivity contribution in [3.05, 3.63) is 64.0 Å². The molecule has 0 heterocycles. The van der Waals surface area contributed by atoms with E-state index in [1.54, 1.807) is 12.1 Å². The fourth-order valence-corrected chi connectivity index (χ4v) is 1.59. The van der Waals surface area contributed by atoms with Crippen molar-refractivity contribution in [2.45, 2.75) is 0 Å². The Bertz CT molecular complexity index is 654. The van der Waals surface area contributed by atoms with Gasteiger partial charge in [0, 0.05) is 18.3 Å². The van der Waals surface area contributed by atoms with Crippen molar-refractivity contribution in [3.63, 3.8) is 0 Å². The van der Waals surface area contributed by atoms with E-state index in [1.165, 1.54) is 43.7 Å². The highest BCUT2D eigenvalue weighted by Gasteiger charge is 2.10. The van der Waals surface area contributed by atoms with Crippen LogP contribution in [0.2, 0.25) is 0 Å². The number of nitro benzene ring substituents is 1. The van der Waals surface area contributed by atoms with Crippen LogP contribution in [0, 0.1) is 15.9 Å². The summed E-state index contributed by atoms with van der Waals surface area (Å²) in [6.45, 7) is 0. The lowest BCUT2D eigenvalue weighted by atomic mass is 10.2. The predicted molar refractivity (Wildman–Crippen MR) is 73.3 cm³/mol. The SMILES string of the molecule is COc1ccc([N+](=O)[O-])cc1N=Cc1ccc(F)cc1. The first-order valence-electron chi connectivity index (χ1n) is 5.72. The summed E-state index contributed by atoms with van der Waals surface area (Å²) < 4.78 is 17.9. The molecular formula is C14H11FN2O3. The average Bonchev–Trinajstić information content (AvgIpc) is 2.46. The molecule has 0 fully saturated rings. The third kappa shape index (κ3) is 3.17. The molecule has 0 aliphatic rings. The topological polar surface area (TPSA) is 64.7 Å². The van der Waals surface area contributed by atoms with Gasteiger partial charge in [0.15, 0.2) is 0 Å². The first-order valence-corrected chi connectivity index (χ1v) is 5.72. The van der Waals surface area contributed by atoms with Gasteiger partial charge in [-0.15, -0.1) is 0 Å². The normalized spacial score (nSPS) is 10.7. The van der Waals surface area contributed by atoms with E-state index in [0.717, 1.165) is 0 Å². The molecule has 0 saturated heterocycles. The van der Waals surface area contributed by atoms with Gasteiger partial charge in [0.05, 0.1) is 12.0 Å². The number of rotatable bonds is 4. The molecule has 0 saturated carbocycles. The Morgan fingerprint density at radius 3 is 2.55 bits per heavy atom. The van der Waals surface area contributed by atoms with Gasteiger partial charge in [-0.25, -0.2) is 4.39 Å². The van der Waals surface area contributed by atoms with Gasteiger partial charge in [0.2, 0.25) is 0 Å². The van der Waals surface area contributed by atoms with Gasteiger partial charge in [-0.05, 0) is 23.8 Å². The van der Waals surface area contributed by atoms with Gasteiger partial charge in [0.25, 0.3) is 5.69 Å². The standard InChI is InChI=1S/C14H11FN2O3/c1-20-14-7-6-12(17(18)19)8-13(14)16-9-10-2-4-11(15)5-3-10/h2-9H,1H3. The third-order valence-electron chi connectivity index (χ3n) is 2.60. The van der Waals surface area contributed by atoms with Gasteiger partial charge in [0.1, 0.15) is 17.3 Å². The molecule has 0 aliphatic heterocycles. The van der Waals surface area contributed by atoms with E-state index in [1.807, 2.05) is 0 Å². The molecule has 0 N–H and O–H groups in total. The van der Waals surface area contributed by atoms with Crippen molar-refractivity contribution < 1.29 is 14.1 Å². The summed E-state index contributed by atoms with van der Waals surface area (Å²) in [5.41, 5.74) is 0.947. The van der Waals surface area contributed by atoms with Crippen LogP contribution in [0.25, 0.3) is 0 Å². The van der Waals surface area contributed by atoms with E-state index in [2.05, 4.69) is 4.99 Å². The van der Waals surface area contributed by atoms with Crippen LogP contribution in [0.5, 0.6) is 5.75 Å². The highest BCUT2D eigenvalue weighted by Crippen LogP contribution is 2.31. The van der Waals surface area contributed by atoms with E-state index in [0.29, 0.717) is 17.0 Å². The highest BCUT2D eigenvalue weighted by molar-refractivity contribution is 5.83. The van der Waals surface area contributed by atoms with E-state index >= 15 is 0 Å². The monoisotopic (exact) mass is 274 g/mol. The Hall–Kier alpha value is -2.76. The summed E-state index contributed by atoms with van der Waals surface area (Å²) in [6.07, 6.45) is 1.49. The number of nitro groups is 1. The number of ether oxygens (including phenoxy) is 1. The lowest BCUT2D eigenvalue weighted by molar-refractivity contribution is -0.384. The zero-order valence-electron chi connectivity index (χ0n) is 10.6. The molecule has 0 aliphatic carbocycles. The molecule has 20 heavy (non-hydrogen) atoms. The Morgan fingerprint density at radius 2 is 1.95 bits per heavy atom. The maximum absolute atomic E-state index is 12.8. The average molecular weight is 274 g/mol. The second-order valence-electron chi connectivity index (χ2n) is 3.92. The van der Waals surface area contributed by atoms with Crippen LogP contribution in [0.15, 0.2) is 47.5 Å². The van der Waals surface area contributed by atoms with Crippen LogP contribution in [0.4, 0.5) is 15.8 Å². The molecule has 0 unspecified atom stereocenters. The highest BCUT2D eigenvalue weighted by atomic mass is 19.1. The summed E-state index contributed by atoms with van der Waals surface area (Å²) >= 11 is 0. The van der Waals surface area contributed by atoms with Gasteiger partial charge < -0.3 is 4.74 Å². The number of hydrogen-bond donors (Lipinski definition) is 0. The number of benzene rings is 2. The van der Waals surface area contributed by atoms with Crippen LogP contribution in [0.3, 0.4) is 0 Å². The zero-order valence-corrected chi connectivity index (χ0v) is 10.6. The largest absolute Gasteiger partial charge is 0.494 e. The number of hydrogen-bond acceptors (Lipinski definition) is 4. The molecule has 0 radical (unpaired) electrons. The minimum absolute atomic E-state index is 0.0722. The minimum Gasteiger partial charge on any atom is -0.494 e. The van der Waals surface area contributed by atoms with Crippen LogP contribution in [-0.4, -0.2) is 18.2 Å². The first-order chi connectivity index (χ1) is 9.60. The summed E-state index contributed by atoms with van der Waals surface area (Å²) in [7, 11) is 1.46. The molecule has 0 spiro atoms. The molecule has 2 aromatic carbocycles. The van der Waals surface area contributed by atoms with Crippen LogP contribution < -0.4 is 4.74 Å². The Kier molecular flexibility index (Phi) is 4.05. The quantitative estimate of drug-likeness (QED) is 0.487. The predicted octanol–water partition coefficient (Wildman–Crippen LogP) is 3.49. The van der Waals surface area contributed by atoms with Crippen molar-refractivity contribution in [1.29, 1.82) is 0 Å². The fraction of sp³-hybridized carbons (Fsp3) is 0.0714. The van der Waals surface area contributed by atoms with E-state index in [-0.39, 0.29) is 11.5 Å². The lowest BCUT2D eigenvalue weighted by Gasteiger charge is -2.03. The van der Waals surface area contributed by atoms with Crippen molar-refractivity contribution in [1.82, 2.24) is 0 Å². The molecule has 0 aromatic heterocycles. The Balaban J connectivity index is 2.33. The van der Waals surface area contributed by atoms with E-state index < -0.39 is 4.92 Å². The smallest absolute Gasteiger partial charge is 0.271 e. The minimum atomic E-state index is -0.504. The summed E-state index contributed by atoms with van der Waals surface area (Å²) in [4.78, 5) is 14.4. The number of aliphatic imine (C=N–C) groups is 1.